The Morgan fingerprint density at radius 1 is 0.828 bits per heavy atom. The Kier molecular flexibility index (Phi) is 21.0. The van der Waals surface area contributed by atoms with Crippen molar-refractivity contribution in [2.24, 2.45) is 17.3 Å². The summed E-state index contributed by atoms with van der Waals surface area (Å²) in [5.74, 6) is 0.773. The molecule has 58 heavy (non-hydrogen) atoms. The summed E-state index contributed by atoms with van der Waals surface area (Å²) < 4.78 is 12.0. The highest BCUT2D eigenvalue weighted by molar-refractivity contribution is 5.88. The fourth-order valence-electron chi connectivity index (χ4n) is 8.66. The number of aromatic hydroxyl groups is 1. The molecule has 2 N–H and O–H groups in total. The van der Waals surface area contributed by atoms with E-state index in [2.05, 4.69) is 74.2 Å². The zero-order valence-electron chi connectivity index (χ0n) is 36.6. The topological polar surface area (TPSA) is 108 Å². The largest absolute Gasteiger partial charge is 0.508 e. The number of hydrogen-bond donors (Lipinski definition) is 2. The second-order valence-corrected chi connectivity index (χ2v) is 16.4. The third-order valence-corrected chi connectivity index (χ3v) is 11.9. The van der Waals surface area contributed by atoms with Crippen molar-refractivity contribution in [3.8, 4) is 5.75 Å². The van der Waals surface area contributed by atoms with Gasteiger partial charge in [0, 0.05) is 44.5 Å². The van der Waals surface area contributed by atoms with E-state index < -0.39 is 5.60 Å². The van der Waals surface area contributed by atoms with Crippen LogP contribution in [0.1, 0.15) is 116 Å². The molecule has 0 aliphatic heterocycles. The highest BCUT2D eigenvalue weighted by Gasteiger charge is 2.47. The molecule has 320 valence electrons. The van der Waals surface area contributed by atoms with Gasteiger partial charge in [0.25, 0.3) is 0 Å². The number of amides is 1. The van der Waals surface area contributed by atoms with Crippen molar-refractivity contribution in [3.63, 3.8) is 0 Å². The molecule has 9 heteroatoms. The van der Waals surface area contributed by atoms with E-state index in [1.807, 2.05) is 43.3 Å². The van der Waals surface area contributed by atoms with Crippen LogP contribution in [0.2, 0.25) is 0 Å². The first-order valence-corrected chi connectivity index (χ1v) is 21.8. The minimum absolute atomic E-state index is 0.115. The van der Waals surface area contributed by atoms with Gasteiger partial charge in [-0.3, -0.25) is 14.4 Å². The van der Waals surface area contributed by atoms with Crippen LogP contribution >= 0.6 is 0 Å². The van der Waals surface area contributed by atoms with Crippen LogP contribution < -0.4 is 5.32 Å². The summed E-state index contributed by atoms with van der Waals surface area (Å²) in [6.45, 7) is 14.1. The summed E-state index contributed by atoms with van der Waals surface area (Å²) in [5, 5.41) is 11.5. The van der Waals surface area contributed by atoms with Gasteiger partial charge in [-0.05, 0) is 94.2 Å². The average molecular weight is 800 g/mol. The first kappa shape index (κ1) is 48.2. The van der Waals surface area contributed by atoms with Gasteiger partial charge in [-0.25, -0.2) is 0 Å². The van der Waals surface area contributed by atoms with Crippen molar-refractivity contribution in [3.05, 3.63) is 96.1 Å². The Morgan fingerprint density at radius 2 is 1.40 bits per heavy atom. The number of esters is 2. The predicted octanol–water partition coefficient (Wildman–Crippen LogP) is 10.0. The molecule has 2 aliphatic carbocycles. The molecule has 0 bridgehead atoms. The van der Waals surface area contributed by atoms with Crippen molar-refractivity contribution in [1.29, 1.82) is 0 Å². The molecule has 0 aromatic heterocycles. The molecule has 2 aliphatic rings. The van der Waals surface area contributed by atoms with E-state index in [0.29, 0.717) is 31.1 Å². The molecule has 5 rings (SSSR count). The quantitative estimate of drug-likeness (QED) is 0.109. The molecule has 0 spiro atoms. The summed E-state index contributed by atoms with van der Waals surface area (Å²) in [6, 6.07) is 26.7. The van der Waals surface area contributed by atoms with E-state index in [9.17, 15) is 14.4 Å². The minimum Gasteiger partial charge on any atom is -0.508 e. The first-order chi connectivity index (χ1) is 27.9. The lowest BCUT2D eigenvalue weighted by molar-refractivity contribution is -0.168. The van der Waals surface area contributed by atoms with Crippen LogP contribution in [0.5, 0.6) is 5.75 Å². The van der Waals surface area contributed by atoms with Crippen LogP contribution in [0.3, 0.4) is 0 Å². The number of carbonyl (C=O) groups excluding carboxylic acids is 3. The van der Waals surface area contributed by atoms with E-state index in [0.717, 1.165) is 44.6 Å². The number of rotatable bonds is 16. The SMILES string of the molecule is CC(=O)Nc1ccc(O)cc1.CCC(=O)O[C@](Cc1ccccc1)(c1ccccc1)[C@H](C)CN(C)C.CCN(CC)CCOC(=O)C1(C2CCCCC2)CCCCC1. The average Bonchev–Trinajstić information content (AvgIpc) is 3.24. The summed E-state index contributed by atoms with van der Waals surface area (Å²) in [4.78, 5) is 40.3. The highest BCUT2D eigenvalue weighted by atomic mass is 16.6. The zero-order chi connectivity index (χ0) is 42.4. The van der Waals surface area contributed by atoms with Crippen LogP contribution in [0.4, 0.5) is 5.69 Å². The predicted molar refractivity (Wildman–Crippen MR) is 236 cm³/mol. The van der Waals surface area contributed by atoms with E-state index in [-0.39, 0.29) is 34.9 Å². The van der Waals surface area contributed by atoms with Crippen molar-refractivity contribution in [2.45, 2.75) is 117 Å². The summed E-state index contributed by atoms with van der Waals surface area (Å²) in [6.07, 6.45) is 13.3. The fraction of sp³-hybridized carbons (Fsp3) is 0.571. The van der Waals surface area contributed by atoms with E-state index in [1.54, 1.807) is 12.1 Å². The number of carbonyl (C=O) groups is 3. The van der Waals surface area contributed by atoms with Crippen LogP contribution in [0.15, 0.2) is 84.9 Å². The molecule has 1 amide bonds. The van der Waals surface area contributed by atoms with Crippen LogP contribution in [-0.4, -0.2) is 79.6 Å². The minimum atomic E-state index is -0.681. The molecule has 3 aromatic rings. The first-order valence-electron chi connectivity index (χ1n) is 21.8. The molecule has 2 atom stereocenters. The van der Waals surface area contributed by atoms with Gasteiger partial charge in [0.2, 0.25) is 5.91 Å². The van der Waals surface area contributed by atoms with Gasteiger partial charge in [-0.15, -0.1) is 0 Å². The number of benzene rings is 3. The summed E-state index contributed by atoms with van der Waals surface area (Å²) in [5.41, 5.74) is 2.09. The molecule has 0 saturated heterocycles. The van der Waals surface area contributed by atoms with Crippen molar-refractivity contribution in [2.75, 3.05) is 52.2 Å². The van der Waals surface area contributed by atoms with Gasteiger partial charge in [0.05, 0.1) is 5.41 Å². The number of nitrogens with one attached hydrogen (secondary N) is 1. The number of nitrogens with zero attached hydrogens (tertiary/aromatic N) is 2. The van der Waals surface area contributed by atoms with Gasteiger partial charge >= 0.3 is 11.9 Å². The Labute approximate surface area is 349 Å². The number of anilines is 1. The lowest BCUT2D eigenvalue weighted by Crippen LogP contribution is -2.44. The Bertz CT molecular complexity index is 1600. The van der Waals surface area contributed by atoms with Crippen LogP contribution in [0, 0.1) is 17.3 Å². The van der Waals surface area contributed by atoms with Crippen molar-refractivity contribution in [1.82, 2.24) is 9.80 Å². The second-order valence-electron chi connectivity index (χ2n) is 16.4. The third-order valence-electron chi connectivity index (χ3n) is 11.9. The monoisotopic (exact) mass is 800 g/mol. The number of phenols is 1. The van der Waals surface area contributed by atoms with Crippen LogP contribution in [0.25, 0.3) is 0 Å². The molecule has 0 radical (unpaired) electrons. The lowest BCUT2D eigenvalue weighted by atomic mass is 9.62. The second kappa shape index (κ2) is 25.3. The van der Waals surface area contributed by atoms with E-state index in [1.165, 1.54) is 76.0 Å². The van der Waals surface area contributed by atoms with Gasteiger partial charge in [0.1, 0.15) is 18.0 Å². The molecule has 0 unspecified atom stereocenters. The van der Waals surface area contributed by atoms with E-state index >= 15 is 0 Å². The van der Waals surface area contributed by atoms with Crippen LogP contribution in [-0.2, 0) is 35.9 Å². The molecule has 0 heterocycles. The lowest BCUT2D eigenvalue weighted by Gasteiger charge is -2.43. The fourth-order valence-corrected chi connectivity index (χ4v) is 8.66. The molecule has 3 aromatic carbocycles. The Hall–Kier alpha value is -4.21. The number of ether oxygens (including phenoxy) is 2. The van der Waals surface area contributed by atoms with Gasteiger partial charge < -0.3 is 29.7 Å². The normalized spacial score (nSPS) is 16.7. The molecular formula is C49H73N3O6. The Morgan fingerprint density at radius 3 is 1.93 bits per heavy atom. The Balaban J connectivity index is 0.000000249. The molecule has 2 saturated carbocycles. The maximum absolute atomic E-state index is 12.9. The maximum Gasteiger partial charge on any atom is 0.312 e. The smallest absolute Gasteiger partial charge is 0.312 e. The molecule has 9 nitrogen and oxygen atoms in total. The number of likely N-dealkylation sites (N-methyl/N-ethyl adjacent to an activating group) is 1. The number of phenolic OH excluding ortho intramolecular Hbond substituents is 1. The highest BCUT2D eigenvalue weighted by Crippen LogP contribution is 2.49. The van der Waals surface area contributed by atoms with Crippen molar-refractivity contribution < 1.29 is 29.0 Å². The van der Waals surface area contributed by atoms with Crippen molar-refractivity contribution >= 4 is 23.5 Å². The molecular weight excluding hydrogens is 727 g/mol. The summed E-state index contributed by atoms with van der Waals surface area (Å²) >= 11 is 0. The summed E-state index contributed by atoms with van der Waals surface area (Å²) in [7, 11) is 4.10. The van der Waals surface area contributed by atoms with E-state index in [4.69, 9.17) is 14.6 Å². The molecule has 2 fully saturated rings. The van der Waals surface area contributed by atoms with Gasteiger partial charge in [-0.1, -0.05) is 127 Å². The number of hydrogen-bond acceptors (Lipinski definition) is 8. The van der Waals surface area contributed by atoms with Gasteiger partial charge in [0.15, 0.2) is 0 Å². The third kappa shape index (κ3) is 15.2. The maximum atomic E-state index is 12.9. The zero-order valence-corrected chi connectivity index (χ0v) is 36.6. The standard InChI is InChI=1S/C22H29NO2.C19H35NO2.C8H9NO2/c1-5-21(24)25-22(18(2)17-23(3)4,20-14-10-7-11-15-20)16-19-12-8-6-9-13-19;1-3-20(4-2)15-16-22-18(21)19(13-9-6-10-14-19)17-11-7-5-8-12-17;1-6(10)9-7-2-4-8(11)5-3-7/h6-15,18H,5,16-17H2,1-4H3;17H,3-16H2,1-2H3;2-5,11H,1H3,(H,9,10)/t18-,22+;;/m1../s1. The van der Waals surface area contributed by atoms with Gasteiger partial charge in [-0.2, -0.15) is 0 Å².